The molecule has 11 heavy (non-hydrogen) atoms. The highest BCUT2D eigenvalue weighted by molar-refractivity contribution is 6.20. The normalized spacial score (nSPS) is 37.5. The number of hydrogen-bond donors (Lipinski definition) is 2. The molecule has 2 N–H and O–H groups in total. The van der Waals surface area contributed by atoms with Gasteiger partial charge in [0.2, 0.25) is 0 Å². The lowest BCUT2D eigenvalue weighted by atomic mass is 9.70. The molecule has 3 nitrogen and oxygen atoms in total. The van der Waals surface area contributed by atoms with Gasteiger partial charge in [0.15, 0.2) is 0 Å². The standard InChI is InChI=1S/C7H12BNO2/c8-7-2-9-1-5(3-10)6(7)4-11/h2,5-7,10-11H,1,3-4H2. The van der Waals surface area contributed by atoms with E-state index in [1.165, 1.54) is 0 Å². The van der Waals surface area contributed by atoms with Crippen molar-refractivity contribution >= 4 is 14.1 Å². The maximum Gasteiger partial charge on any atom is 0.0781 e. The molecule has 0 aromatic heterocycles. The van der Waals surface area contributed by atoms with Crippen LogP contribution in [0.25, 0.3) is 0 Å². The van der Waals surface area contributed by atoms with Gasteiger partial charge in [-0.3, -0.25) is 4.99 Å². The molecule has 0 saturated heterocycles. The van der Waals surface area contributed by atoms with Crippen LogP contribution >= 0.6 is 0 Å². The molecule has 1 aliphatic rings. The van der Waals surface area contributed by atoms with Crippen molar-refractivity contribution in [2.75, 3.05) is 19.8 Å². The summed E-state index contributed by atoms with van der Waals surface area (Å²) in [5.41, 5.74) is 0. The van der Waals surface area contributed by atoms with Crippen LogP contribution in [0.15, 0.2) is 4.99 Å². The van der Waals surface area contributed by atoms with Crippen LogP contribution in [-0.2, 0) is 0 Å². The van der Waals surface area contributed by atoms with Crippen LogP contribution in [0.4, 0.5) is 0 Å². The third kappa shape index (κ3) is 1.82. The van der Waals surface area contributed by atoms with E-state index >= 15 is 0 Å². The largest absolute Gasteiger partial charge is 0.396 e. The van der Waals surface area contributed by atoms with Crippen molar-refractivity contribution in [1.82, 2.24) is 0 Å². The Kier molecular flexibility index (Phi) is 3.08. The smallest absolute Gasteiger partial charge is 0.0781 e. The molecule has 1 rings (SSSR count). The molecule has 0 fully saturated rings. The zero-order chi connectivity index (χ0) is 8.27. The molecule has 3 atom stereocenters. The lowest BCUT2D eigenvalue weighted by Gasteiger charge is -2.29. The Labute approximate surface area is 67.6 Å². The monoisotopic (exact) mass is 153 g/mol. The minimum atomic E-state index is -0.203. The molecule has 0 bridgehead atoms. The van der Waals surface area contributed by atoms with Gasteiger partial charge in [-0.15, -0.1) is 0 Å². The Balaban J connectivity index is 2.60. The average Bonchev–Trinajstić information content (AvgIpc) is 2.04. The summed E-state index contributed by atoms with van der Waals surface area (Å²) in [6.45, 7) is 0.657. The van der Waals surface area contributed by atoms with E-state index in [0.29, 0.717) is 6.54 Å². The first-order valence-corrected chi connectivity index (χ1v) is 3.76. The number of aliphatic hydroxyl groups is 2. The van der Waals surface area contributed by atoms with E-state index < -0.39 is 0 Å². The number of nitrogens with zero attached hydrogens (tertiary/aromatic N) is 1. The zero-order valence-corrected chi connectivity index (χ0v) is 6.35. The second-order valence-corrected chi connectivity index (χ2v) is 2.88. The average molecular weight is 153 g/mol. The fraction of sp³-hybridized carbons (Fsp3) is 0.857. The lowest BCUT2D eigenvalue weighted by molar-refractivity contribution is 0.125. The van der Waals surface area contributed by atoms with E-state index in [9.17, 15) is 0 Å². The highest BCUT2D eigenvalue weighted by atomic mass is 16.3. The summed E-state index contributed by atoms with van der Waals surface area (Å²) in [4.78, 5) is 3.99. The van der Waals surface area contributed by atoms with Crippen molar-refractivity contribution in [3.8, 4) is 0 Å². The maximum absolute atomic E-state index is 8.91. The Morgan fingerprint density at radius 1 is 1.45 bits per heavy atom. The zero-order valence-electron chi connectivity index (χ0n) is 6.35. The van der Waals surface area contributed by atoms with Gasteiger partial charge in [-0.1, -0.05) is 0 Å². The van der Waals surface area contributed by atoms with Gasteiger partial charge < -0.3 is 10.2 Å². The van der Waals surface area contributed by atoms with Crippen LogP contribution < -0.4 is 0 Å². The van der Waals surface area contributed by atoms with Crippen LogP contribution in [0.5, 0.6) is 0 Å². The Morgan fingerprint density at radius 2 is 2.18 bits per heavy atom. The highest BCUT2D eigenvalue weighted by Gasteiger charge is 2.26. The number of hydrogen-bond acceptors (Lipinski definition) is 3. The van der Waals surface area contributed by atoms with Crippen molar-refractivity contribution in [2.45, 2.75) is 5.82 Å². The van der Waals surface area contributed by atoms with Gasteiger partial charge >= 0.3 is 0 Å². The van der Waals surface area contributed by atoms with Crippen molar-refractivity contribution < 1.29 is 10.2 Å². The molecule has 3 unspecified atom stereocenters. The van der Waals surface area contributed by atoms with Crippen LogP contribution in [0, 0.1) is 11.8 Å². The molecular formula is C7H12BNO2. The second-order valence-electron chi connectivity index (χ2n) is 2.88. The van der Waals surface area contributed by atoms with Gasteiger partial charge in [-0.05, 0) is 17.9 Å². The van der Waals surface area contributed by atoms with Gasteiger partial charge in [-0.25, -0.2) is 0 Å². The number of aliphatic imine (C=N–C) groups is 1. The fourth-order valence-corrected chi connectivity index (χ4v) is 1.34. The van der Waals surface area contributed by atoms with E-state index in [0.717, 1.165) is 0 Å². The molecule has 0 saturated carbocycles. The van der Waals surface area contributed by atoms with Crippen molar-refractivity contribution in [3.63, 3.8) is 0 Å². The number of rotatable bonds is 2. The molecule has 0 amide bonds. The van der Waals surface area contributed by atoms with Gasteiger partial charge in [0.25, 0.3) is 0 Å². The first-order chi connectivity index (χ1) is 5.29. The molecule has 2 radical (unpaired) electrons. The Bertz CT molecular complexity index is 151. The predicted molar refractivity (Wildman–Crippen MR) is 44.0 cm³/mol. The maximum atomic E-state index is 8.91. The number of aliphatic hydroxyl groups excluding tert-OH is 2. The molecule has 0 spiro atoms. The van der Waals surface area contributed by atoms with Crippen LogP contribution in [0.3, 0.4) is 0 Å². The molecule has 0 aromatic carbocycles. The fourth-order valence-electron chi connectivity index (χ4n) is 1.34. The summed E-state index contributed by atoms with van der Waals surface area (Å²) < 4.78 is 0. The van der Waals surface area contributed by atoms with Crippen molar-refractivity contribution in [3.05, 3.63) is 0 Å². The van der Waals surface area contributed by atoms with Gasteiger partial charge in [0.1, 0.15) is 0 Å². The first kappa shape index (κ1) is 8.75. The molecule has 0 aliphatic carbocycles. The predicted octanol–water partition coefficient (Wildman–Crippen LogP) is -0.755. The summed E-state index contributed by atoms with van der Waals surface area (Å²) in [5.74, 6) is -0.205. The first-order valence-electron chi connectivity index (χ1n) is 3.76. The SMILES string of the molecule is [B]C1C=NCC(CO)C1CO. The van der Waals surface area contributed by atoms with Crippen LogP contribution in [0.1, 0.15) is 0 Å². The Morgan fingerprint density at radius 3 is 2.64 bits per heavy atom. The van der Waals surface area contributed by atoms with Crippen molar-refractivity contribution in [2.24, 2.45) is 16.8 Å². The molecule has 1 heterocycles. The highest BCUT2D eigenvalue weighted by Crippen LogP contribution is 2.25. The summed E-state index contributed by atoms with van der Waals surface area (Å²) in [6, 6.07) is 0. The van der Waals surface area contributed by atoms with Gasteiger partial charge in [0, 0.05) is 25.7 Å². The van der Waals surface area contributed by atoms with Gasteiger partial charge in [-0.2, -0.15) is 0 Å². The van der Waals surface area contributed by atoms with E-state index in [1.807, 2.05) is 0 Å². The lowest BCUT2D eigenvalue weighted by Crippen LogP contribution is -2.32. The Hall–Kier alpha value is -0.345. The summed E-state index contributed by atoms with van der Waals surface area (Å²) in [6.07, 6.45) is 1.65. The van der Waals surface area contributed by atoms with E-state index in [2.05, 4.69) is 4.99 Å². The van der Waals surface area contributed by atoms with E-state index in [4.69, 9.17) is 18.1 Å². The summed E-state index contributed by atoms with van der Waals surface area (Å²) >= 11 is 0. The molecule has 1 aliphatic heterocycles. The molecule has 4 heteroatoms. The van der Waals surface area contributed by atoms with Gasteiger partial charge in [0.05, 0.1) is 7.85 Å². The van der Waals surface area contributed by atoms with Crippen molar-refractivity contribution in [1.29, 1.82) is 0 Å². The van der Waals surface area contributed by atoms with E-state index in [1.54, 1.807) is 6.21 Å². The molecule has 60 valence electrons. The molecule has 0 aromatic rings. The minimum absolute atomic E-state index is 0.0262. The molecular weight excluding hydrogens is 141 g/mol. The quantitative estimate of drug-likeness (QED) is 0.512. The third-order valence-corrected chi connectivity index (χ3v) is 2.16. The van der Waals surface area contributed by atoms with Crippen LogP contribution in [-0.4, -0.2) is 44.0 Å². The summed E-state index contributed by atoms with van der Waals surface area (Å²) in [7, 11) is 5.64. The topological polar surface area (TPSA) is 52.8 Å². The van der Waals surface area contributed by atoms with E-state index in [-0.39, 0.29) is 30.9 Å². The minimum Gasteiger partial charge on any atom is -0.396 e. The third-order valence-electron chi connectivity index (χ3n) is 2.16. The summed E-state index contributed by atoms with van der Waals surface area (Å²) in [5, 5.41) is 17.8. The van der Waals surface area contributed by atoms with Crippen LogP contribution in [0.2, 0.25) is 5.82 Å². The second kappa shape index (κ2) is 3.88.